The molecule has 5 nitrogen and oxygen atoms in total. The molecule has 138 valence electrons. The van der Waals surface area contributed by atoms with Crippen LogP contribution in [0.15, 0.2) is 12.3 Å². The maximum absolute atomic E-state index is 11.8. The minimum absolute atomic E-state index is 0. The van der Waals surface area contributed by atoms with Gasteiger partial charge in [0.25, 0.3) is 0 Å². The molecule has 0 saturated carbocycles. The van der Waals surface area contributed by atoms with Gasteiger partial charge in [-0.2, -0.15) is 0 Å². The van der Waals surface area contributed by atoms with Crippen molar-refractivity contribution < 1.29 is 9.53 Å². The van der Waals surface area contributed by atoms with Crippen LogP contribution in [0, 0.1) is 5.92 Å². The number of hydrogen-bond donors (Lipinski definition) is 2. The molecule has 0 atom stereocenters. The number of pyridine rings is 1. The molecule has 9 heteroatoms. The van der Waals surface area contributed by atoms with Gasteiger partial charge in [0.05, 0.1) is 11.6 Å². The average molecular weight is 419 g/mol. The topological polar surface area (TPSA) is 63.2 Å². The molecular weight excluding hydrogens is 396 g/mol. The number of hydrogen-bond acceptors (Lipinski definition) is 4. The Morgan fingerprint density at radius 2 is 2.04 bits per heavy atom. The van der Waals surface area contributed by atoms with Gasteiger partial charge < -0.3 is 15.4 Å². The molecule has 0 bridgehead atoms. The molecule has 1 saturated heterocycles. The smallest absolute Gasteiger partial charge is 0.232 e. The van der Waals surface area contributed by atoms with Crippen LogP contribution in [-0.2, 0) is 4.79 Å². The lowest BCUT2D eigenvalue weighted by atomic mass is 9.93. The molecule has 0 unspecified atom stereocenters. The lowest BCUT2D eigenvalue weighted by molar-refractivity contribution is -0.121. The third-order valence-corrected chi connectivity index (χ3v) is 4.15. The Morgan fingerprint density at radius 3 is 2.71 bits per heavy atom. The summed E-state index contributed by atoms with van der Waals surface area (Å²) in [6, 6.07) is 1.57. The van der Waals surface area contributed by atoms with Crippen molar-refractivity contribution in [3.05, 3.63) is 22.3 Å². The highest BCUT2D eigenvalue weighted by Crippen LogP contribution is 2.24. The molecule has 1 aromatic heterocycles. The Hall–Kier alpha value is -0.460. The predicted octanol–water partition coefficient (Wildman–Crippen LogP) is 3.51. The second kappa shape index (κ2) is 12.8. The zero-order valence-corrected chi connectivity index (χ0v) is 16.4. The van der Waals surface area contributed by atoms with Gasteiger partial charge in [0.1, 0.15) is 11.6 Å². The van der Waals surface area contributed by atoms with E-state index in [1.165, 1.54) is 6.20 Å². The van der Waals surface area contributed by atoms with Crippen molar-refractivity contribution in [1.29, 1.82) is 0 Å². The SMILES string of the molecule is Cl.Cl.O=C(CCC1CCNCC1)NCCOc1ncc(Cl)cc1Cl. The Morgan fingerprint density at radius 1 is 1.33 bits per heavy atom. The highest BCUT2D eigenvalue weighted by Gasteiger charge is 2.14. The van der Waals surface area contributed by atoms with Gasteiger partial charge in [0, 0.05) is 12.6 Å². The van der Waals surface area contributed by atoms with Crippen LogP contribution < -0.4 is 15.4 Å². The van der Waals surface area contributed by atoms with Crippen LogP contribution in [0.25, 0.3) is 0 Å². The number of carbonyl (C=O) groups is 1. The number of ether oxygens (including phenoxy) is 1. The first kappa shape index (κ1) is 23.5. The lowest BCUT2D eigenvalue weighted by Crippen LogP contribution is -2.31. The Balaban J connectivity index is 0.00000264. The molecule has 2 N–H and O–H groups in total. The summed E-state index contributed by atoms with van der Waals surface area (Å²) in [4.78, 5) is 15.8. The van der Waals surface area contributed by atoms with Crippen LogP contribution in [0.4, 0.5) is 0 Å². The van der Waals surface area contributed by atoms with Crippen LogP contribution >= 0.6 is 48.0 Å². The number of halogens is 4. The standard InChI is InChI=1S/C15H21Cl2N3O2.2ClH/c16-12-9-13(17)15(20-10-12)22-8-7-19-14(21)2-1-11-3-5-18-6-4-11;;/h9-11,18H,1-8H2,(H,19,21);2*1H. The molecule has 0 aromatic carbocycles. The highest BCUT2D eigenvalue weighted by molar-refractivity contribution is 6.35. The van der Waals surface area contributed by atoms with E-state index in [4.69, 9.17) is 27.9 Å². The summed E-state index contributed by atoms with van der Waals surface area (Å²) < 4.78 is 5.41. The minimum Gasteiger partial charge on any atom is -0.475 e. The summed E-state index contributed by atoms with van der Waals surface area (Å²) in [5, 5.41) is 7.00. The van der Waals surface area contributed by atoms with Crippen molar-refractivity contribution in [3.63, 3.8) is 0 Å². The number of carbonyl (C=O) groups excluding carboxylic acids is 1. The first-order chi connectivity index (χ1) is 10.6. The van der Waals surface area contributed by atoms with Gasteiger partial charge in [0.15, 0.2) is 0 Å². The Bertz CT molecular complexity index is 500. The number of rotatable bonds is 7. The maximum Gasteiger partial charge on any atom is 0.232 e. The van der Waals surface area contributed by atoms with Gasteiger partial charge in [-0.1, -0.05) is 23.2 Å². The summed E-state index contributed by atoms with van der Waals surface area (Å²) in [6.45, 7) is 2.89. The molecule has 1 aliphatic heterocycles. The lowest BCUT2D eigenvalue weighted by Gasteiger charge is -2.22. The number of piperidine rings is 1. The van der Waals surface area contributed by atoms with E-state index >= 15 is 0 Å². The molecule has 1 aromatic rings. The molecule has 0 spiro atoms. The van der Waals surface area contributed by atoms with Gasteiger partial charge in [-0.3, -0.25) is 4.79 Å². The maximum atomic E-state index is 11.8. The predicted molar refractivity (Wildman–Crippen MR) is 102 cm³/mol. The summed E-state index contributed by atoms with van der Waals surface area (Å²) in [7, 11) is 0. The van der Waals surface area contributed by atoms with E-state index in [1.54, 1.807) is 6.07 Å². The summed E-state index contributed by atoms with van der Waals surface area (Å²) in [6.07, 6.45) is 5.33. The normalized spacial score (nSPS) is 14.2. The zero-order valence-electron chi connectivity index (χ0n) is 13.2. The first-order valence-electron chi connectivity index (χ1n) is 7.56. The van der Waals surface area contributed by atoms with E-state index in [2.05, 4.69) is 15.6 Å². The van der Waals surface area contributed by atoms with Gasteiger partial charge >= 0.3 is 0 Å². The fraction of sp³-hybridized carbons (Fsp3) is 0.600. The van der Waals surface area contributed by atoms with E-state index in [-0.39, 0.29) is 30.7 Å². The third kappa shape index (κ3) is 8.58. The summed E-state index contributed by atoms with van der Waals surface area (Å²) >= 11 is 11.7. The largest absolute Gasteiger partial charge is 0.475 e. The monoisotopic (exact) mass is 417 g/mol. The summed E-state index contributed by atoms with van der Waals surface area (Å²) in [5.74, 6) is 1.06. The molecule has 0 aliphatic carbocycles. The molecule has 1 amide bonds. The Labute approximate surface area is 165 Å². The van der Waals surface area contributed by atoms with Gasteiger partial charge in [0.2, 0.25) is 11.8 Å². The highest BCUT2D eigenvalue weighted by atomic mass is 35.5. The molecule has 1 fully saturated rings. The van der Waals surface area contributed by atoms with Crippen LogP contribution in [0.3, 0.4) is 0 Å². The second-order valence-electron chi connectivity index (χ2n) is 5.37. The van der Waals surface area contributed by atoms with Crippen molar-refractivity contribution in [2.75, 3.05) is 26.2 Å². The zero-order chi connectivity index (χ0) is 15.8. The van der Waals surface area contributed by atoms with E-state index < -0.39 is 0 Å². The van der Waals surface area contributed by atoms with Crippen molar-refractivity contribution in [3.8, 4) is 5.88 Å². The van der Waals surface area contributed by atoms with Crippen LogP contribution in [-0.4, -0.2) is 37.1 Å². The van der Waals surface area contributed by atoms with Crippen molar-refractivity contribution >= 4 is 53.9 Å². The van der Waals surface area contributed by atoms with Crippen molar-refractivity contribution in [1.82, 2.24) is 15.6 Å². The molecule has 1 aliphatic rings. The first-order valence-corrected chi connectivity index (χ1v) is 8.32. The molecule has 2 rings (SSSR count). The number of aromatic nitrogens is 1. The number of amides is 1. The van der Waals surface area contributed by atoms with Crippen LogP contribution in [0.2, 0.25) is 10.0 Å². The van der Waals surface area contributed by atoms with Gasteiger partial charge in [-0.15, -0.1) is 24.8 Å². The average Bonchev–Trinajstić information content (AvgIpc) is 2.52. The van der Waals surface area contributed by atoms with Crippen molar-refractivity contribution in [2.24, 2.45) is 5.92 Å². The van der Waals surface area contributed by atoms with Crippen molar-refractivity contribution in [2.45, 2.75) is 25.7 Å². The van der Waals surface area contributed by atoms with E-state index in [1.807, 2.05) is 0 Å². The van der Waals surface area contributed by atoms with Gasteiger partial charge in [-0.05, 0) is 44.3 Å². The van der Waals surface area contributed by atoms with E-state index in [9.17, 15) is 4.79 Å². The second-order valence-corrected chi connectivity index (χ2v) is 6.21. The van der Waals surface area contributed by atoms with Gasteiger partial charge in [-0.25, -0.2) is 4.98 Å². The van der Waals surface area contributed by atoms with E-state index in [0.29, 0.717) is 41.4 Å². The third-order valence-electron chi connectivity index (χ3n) is 3.68. The molecule has 0 radical (unpaired) electrons. The van der Waals surface area contributed by atoms with Crippen LogP contribution in [0.5, 0.6) is 5.88 Å². The fourth-order valence-corrected chi connectivity index (χ4v) is 2.88. The molecule has 2 heterocycles. The Kier molecular flexibility index (Phi) is 12.6. The van der Waals surface area contributed by atoms with E-state index in [0.717, 1.165) is 32.4 Å². The minimum atomic E-state index is 0. The number of nitrogens with one attached hydrogen (secondary N) is 2. The summed E-state index contributed by atoms with van der Waals surface area (Å²) in [5.41, 5.74) is 0. The fourth-order valence-electron chi connectivity index (χ4n) is 2.44. The number of nitrogens with zero attached hydrogens (tertiary/aromatic N) is 1. The quantitative estimate of drug-likeness (QED) is 0.665. The van der Waals surface area contributed by atoms with Crippen LogP contribution in [0.1, 0.15) is 25.7 Å². The molecule has 24 heavy (non-hydrogen) atoms. The molecular formula is C15H23Cl4N3O2.